The third kappa shape index (κ3) is 3.75. The number of benzene rings is 3. The summed E-state index contributed by atoms with van der Waals surface area (Å²) in [5, 5.41) is 15.3. The molecule has 0 unspecified atom stereocenters. The first-order valence-electron chi connectivity index (χ1n) is 9.80. The van der Waals surface area contributed by atoms with Crippen LogP contribution in [0.5, 0.6) is 5.88 Å². The van der Waals surface area contributed by atoms with Crippen molar-refractivity contribution in [3.05, 3.63) is 70.7 Å². The molecule has 4 aromatic rings. The number of halogens is 1. The van der Waals surface area contributed by atoms with Gasteiger partial charge in [0.15, 0.2) is 11.9 Å². The van der Waals surface area contributed by atoms with Crippen LogP contribution in [0, 0.1) is 0 Å². The number of hydrogen-bond acceptors (Lipinski definition) is 6. The molecule has 5 nitrogen and oxygen atoms in total. The maximum atomic E-state index is 6.38. The van der Waals surface area contributed by atoms with Crippen LogP contribution in [0.3, 0.4) is 0 Å². The summed E-state index contributed by atoms with van der Waals surface area (Å²) < 4.78 is 7.34. The average Bonchev–Trinajstić information content (AvgIpc) is 2.93. The first kappa shape index (κ1) is 19.3. The second kappa shape index (κ2) is 8.24. The monoisotopic (exact) mass is 478 g/mol. The van der Waals surface area contributed by atoms with E-state index in [0.29, 0.717) is 16.7 Å². The Balaban J connectivity index is 1.61. The van der Waals surface area contributed by atoms with E-state index in [0.717, 1.165) is 33.5 Å². The van der Waals surface area contributed by atoms with Crippen LogP contribution in [0.25, 0.3) is 22.0 Å². The van der Waals surface area contributed by atoms with Crippen LogP contribution in [0.1, 0.15) is 25.1 Å². The molecule has 0 amide bonds. The van der Waals surface area contributed by atoms with Gasteiger partial charge in [0.05, 0.1) is 0 Å². The van der Waals surface area contributed by atoms with Gasteiger partial charge in [-0.15, -0.1) is 10.2 Å². The van der Waals surface area contributed by atoms with Crippen molar-refractivity contribution in [3.8, 4) is 17.1 Å². The summed E-state index contributed by atoms with van der Waals surface area (Å²) >= 11 is 5.15. The number of anilines is 1. The molecule has 1 aliphatic rings. The van der Waals surface area contributed by atoms with E-state index in [2.05, 4.69) is 73.7 Å². The summed E-state index contributed by atoms with van der Waals surface area (Å²) in [6.07, 6.45) is 0.653. The highest BCUT2D eigenvalue weighted by molar-refractivity contribution is 9.10. The molecule has 0 radical (unpaired) electrons. The number of hydrogen-bond donors (Lipinski definition) is 1. The van der Waals surface area contributed by atoms with Crippen molar-refractivity contribution in [1.29, 1.82) is 0 Å². The number of aromatic nitrogens is 3. The maximum Gasteiger partial charge on any atom is 0.247 e. The predicted octanol–water partition coefficient (Wildman–Crippen LogP) is 6.46. The van der Waals surface area contributed by atoms with Gasteiger partial charge in [-0.05, 0) is 41.5 Å². The van der Waals surface area contributed by atoms with Gasteiger partial charge in [-0.25, -0.2) is 0 Å². The van der Waals surface area contributed by atoms with Crippen LogP contribution in [0.15, 0.2) is 70.3 Å². The summed E-state index contributed by atoms with van der Waals surface area (Å²) in [4.78, 5) is 4.69. The molecule has 5 rings (SSSR count). The standard InChI is InChI=1S/C23H19BrN4OS/c1-2-11-30-23-26-22-20(27-28-23)18-13-17(24)9-10-19(18)25-21(29-22)16-8-7-14-5-3-4-6-15(14)12-16/h3-10,12-13,21,25H,2,11H2,1H3/t21-/m1/s1. The smallest absolute Gasteiger partial charge is 0.247 e. The minimum atomic E-state index is -0.392. The lowest BCUT2D eigenvalue weighted by molar-refractivity contribution is 0.225. The fraction of sp³-hybridized carbons (Fsp3) is 0.174. The summed E-state index contributed by atoms with van der Waals surface area (Å²) in [5.74, 6) is 1.43. The van der Waals surface area contributed by atoms with E-state index in [1.54, 1.807) is 11.8 Å². The molecule has 1 aliphatic heterocycles. The zero-order chi connectivity index (χ0) is 20.5. The summed E-state index contributed by atoms with van der Waals surface area (Å²) in [7, 11) is 0. The Morgan fingerprint density at radius 3 is 2.77 bits per heavy atom. The van der Waals surface area contributed by atoms with Crippen molar-refractivity contribution in [1.82, 2.24) is 15.2 Å². The van der Waals surface area contributed by atoms with Gasteiger partial charge in [-0.2, -0.15) is 4.98 Å². The SMILES string of the molecule is CCCSc1nnc2c(n1)O[C@H](c1ccc3ccccc3c1)Nc1ccc(Br)cc1-2. The molecule has 2 heterocycles. The lowest BCUT2D eigenvalue weighted by Gasteiger charge is -2.20. The maximum absolute atomic E-state index is 6.38. The first-order valence-corrected chi connectivity index (χ1v) is 11.6. The van der Waals surface area contributed by atoms with E-state index in [4.69, 9.17) is 4.74 Å². The molecule has 1 N–H and O–H groups in total. The molecule has 0 saturated heterocycles. The fourth-order valence-corrected chi connectivity index (χ4v) is 4.44. The molecule has 30 heavy (non-hydrogen) atoms. The molecule has 150 valence electrons. The second-order valence-corrected chi connectivity index (χ2v) is 9.01. The molecule has 1 aromatic heterocycles. The summed E-state index contributed by atoms with van der Waals surface area (Å²) in [5.41, 5.74) is 3.51. The van der Waals surface area contributed by atoms with Crippen molar-refractivity contribution < 1.29 is 4.74 Å². The Labute approximate surface area is 187 Å². The van der Waals surface area contributed by atoms with Crippen LogP contribution in [0.2, 0.25) is 0 Å². The van der Waals surface area contributed by atoms with E-state index < -0.39 is 6.23 Å². The van der Waals surface area contributed by atoms with Crippen LogP contribution in [-0.2, 0) is 0 Å². The van der Waals surface area contributed by atoms with Crippen LogP contribution < -0.4 is 10.1 Å². The van der Waals surface area contributed by atoms with Crippen LogP contribution in [-0.4, -0.2) is 20.9 Å². The molecule has 0 fully saturated rings. The Hall–Kier alpha value is -2.64. The number of thioether (sulfide) groups is 1. The van der Waals surface area contributed by atoms with Crippen molar-refractivity contribution in [2.75, 3.05) is 11.1 Å². The topological polar surface area (TPSA) is 59.9 Å². The third-order valence-electron chi connectivity index (χ3n) is 4.90. The lowest BCUT2D eigenvalue weighted by atomic mass is 10.1. The van der Waals surface area contributed by atoms with Gasteiger partial charge in [0.1, 0.15) is 0 Å². The summed E-state index contributed by atoms with van der Waals surface area (Å²) in [6, 6.07) is 20.7. The quantitative estimate of drug-likeness (QED) is 0.339. The van der Waals surface area contributed by atoms with Crippen molar-refractivity contribution >= 4 is 44.2 Å². The minimum absolute atomic E-state index is 0.392. The van der Waals surface area contributed by atoms with Gasteiger partial charge in [-0.1, -0.05) is 71.0 Å². The molecule has 1 atom stereocenters. The lowest BCUT2D eigenvalue weighted by Crippen LogP contribution is -2.17. The van der Waals surface area contributed by atoms with Crippen LogP contribution >= 0.6 is 27.7 Å². The van der Waals surface area contributed by atoms with Gasteiger partial charge >= 0.3 is 0 Å². The molecule has 7 heteroatoms. The number of rotatable bonds is 4. The van der Waals surface area contributed by atoms with E-state index in [1.165, 1.54) is 10.8 Å². The molecular formula is C23H19BrN4OS. The molecule has 0 bridgehead atoms. The van der Waals surface area contributed by atoms with E-state index in [-0.39, 0.29) is 0 Å². The number of nitrogens with one attached hydrogen (secondary N) is 1. The Kier molecular flexibility index (Phi) is 5.31. The van der Waals surface area contributed by atoms with Gasteiger partial charge < -0.3 is 10.1 Å². The van der Waals surface area contributed by atoms with Gasteiger partial charge in [-0.3, -0.25) is 0 Å². The Morgan fingerprint density at radius 1 is 1.03 bits per heavy atom. The zero-order valence-corrected chi connectivity index (χ0v) is 18.7. The second-order valence-electron chi connectivity index (χ2n) is 7.04. The van der Waals surface area contributed by atoms with E-state index in [9.17, 15) is 0 Å². The summed E-state index contributed by atoms with van der Waals surface area (Å²) in [6.45, 7) is 2.13. The van der Waals surface area contributed by atoms with E-state index >= 15 is 0 Å². The number of ether oxygens (including phenoxy) is 1. The van der Waals surface area contributed by atoms with Crippen molar-refractivity contribution in [2.24, 2.45) is 0 Å². The van der Waals surface area contributed by atoms with Crippen LogP contribution in [0.4, 0.5) is 5.69 Å². The highest BCUT2D eigenvalue weighted by Gasteiger charge is 2.26. The first-order chi connectivity index (χ1) is 14.7. The Bertz CT molecular complexity index is 1230. The van der Waals surface area contributed by atoms with Gasteiger partial charge in [0.25, 0.3) is 0 Å². The average molecular weight is 479 g/mol. The fourth-order valence-electron chi connectivity index (χ4n) is 3.45. The minimum Gasteiger partial charge on any atom is -0.448 e. The molecular weight excluding hydrogens is 460 g/mol. The van der Waals surface area contributed by atoms with Crippen molar-refractivity contribution in [2.45, 2.75) is 24.7 Å². The zero-order valence-electron chi connectivity index (χ0n) is 16.3. The third-order valence-corrected chi connectivity index (χ3v) is 6.44. The molecule has 3 aromatic carbocycles. The normalized spacial score (nSPS) is 14.9. The molecule has 0 saturated carbocycles. The Morgan fingerprint density at radius 2 is 1.90 bits per heavy atom. The highest BCUT2D eigenvalue weighted by Crippen LogP contribution is 2.41. The number of nitrogens with zero attached hydrogens (tertiary/aromatic N) is 3. The number of fused-ring (bicyclic) bond motifs is 4. The molecule has 0 spiro atoms. The molecule has 0 aliphatic carbocycles. The van der Waals surface area contributed by atoms with Gasteiger partial charge in [0, 0.05) is 27.0 Å². The predicted molar refractivity (Wildman–Crippen MR) is 125 cm³/mol. The van der Waals surface area contributed by atoms with Crippen molar-refractivity contribution in [3.63, 3.8) is 0 Å². The van der Waals surface area contributed by atoms with E-state index in [1.807, 2.05) is 30.3 Å². The highest BCUT2D eigenvalue weighted by atomic mass is 79.9. The largest absolute Gasteiger partial charge is 0.448 e. The van der Waals surface area contributed by atoms with Gasteiger partial charge in [0.2, 0.25) is 11.0 Å².